The third kappa shape index (κ3) is 3.29. The SMILES string of the molecule is C=C1OCCC=C(C=C2OCOCC3OC(C)(CC)OC23)O1. The monoisotopic (exact) mass is 310 g/mol. The van der Waals surface area contributed by atoms with Gasteiger partial charge in [-0.3, -0.25) is 0 Å². The van der Waals surface area contributed by atoms with Gasteiger partial charge < -0.3 is 28.4 Å². The van der Waals surface area contributed by atoms with Crippen molar-refractivity contribution in [1.29, 1.82) is 0 Å². The average molecular weight is 310 g/mol. The molecule has 0 aromatic rings. The van der Waals surface area contributed by atoms with Crippen LogP contribution in [0.2, 0.25) is 0 Å². The highest BCUT2D eigenvalue weighted by molar-refractivity contribution is 5.21. The van der Waals surface area contributed by atoms with E-state index in [9.17, 15) is 0 Å². The molecule has 0 bridgehead atoms. The number of allylic oxidation sites excluding steroid dienone is 1. The summed E-state index contributed by atoms with van der Waals surface area (Å²) in [5, 5.41) is 0. The van der Waals surface area contributed by atoms with Gasteiger partial charge in [0, 0.05) is 12.5 Å². The van der Waals surface area contributed by atoms with E-state index in [1.54, 1.807) is 6.08 Å². The molecule has 3 rings (SSSR count). The van der Waals surface area contributed by atoms with Crippen molar-refractivity contribution in [2.24, 2.45) is 0 Å². The van der Waals surface area contributed by atoms with E-state index in [0.29, 0.717) is 24.7 Å². The topological polar surface area (TPSA) is 55.4 Å². The smallest absolute Gasteiger partial charge is 0.277 e. The minimum Gasteiger partial charge on any atom is -0.469 e. The number of hydrogen-bond donors (Lipinski definition) is 0. The molecule has 122 valence electrons. The average Bonchev–Trinajstić information content (AvgIpc) is 2.62. The summed E-state index contributed by atoms with van der Waals surface area (Å²) in [6.07, 6.45) is 4.73. The second-order valence-electron chi connectivity index (χ2n) is 5.58. The fourth-order valence-corrected chi connectivity index (χ4v) is 2.57. The molecule has 3 atom stereocenters. The maximum absolute atomic E-state index is 6.06. The number of ether oxygens (including phenoxy) is 6. The highest BCUT2D eigenvalue weighted by Crippen LogP contribution is 2.36. The standard InChI is InChI=1S/C16H22O6/c1-4-16(3)21-14-9-17-10-19-13(15(14)22-16)8-12-6-5-7-18-11(2)20-12/h6,8,14-15H,2,4-5,7,9-10H2,1,3H3. The molecule has 22 heavy (non-hydrogen) atoms. The Morgan fingerprint density at radius 3 is 3.05 bits per heavy atom. The highest BCUT2D eigenvalue weighted by Gasteiger charge is 2.47. The fraction of sp³-hybridized carbons (Fsp3) is 0.625. The molecule has 3 aliphatic heterocycles. The van der Waals surface area contributed by atoms with Crippen molar-refractivity contribution < 1.29 is 28.4 Å². The van der Waals surface area contributed by atoms with Gasteiger partial charge in [-0.25, -0.2) is 0 Å². The molecule has 0 aromatic heterocycles. The summed E-state index contributed by atoms with van der Waals surface area (Å²) in [7, 11) is 0. The van der Waals surface area contributed by atoms with Crippen LogP contribution < -0.4 is 0 Å². The molecule has 6 nitrogen and oxygen atoms in total. The van der Waals surface area contributed by atoms with Crippen molar-refractivity contribution in [3.05, 3.63) is 36.2 Å². The van der Waals surface area contributed by atoms with Crippen LogP contribution in [0.5, 0.6) is 0 Å². The Labute approximate surface area is 130 Å². The van der Waals surface area contributed by atoms with Crippen molar-refractivity contribution in [3.8, 4) is 0 Å². The molecule has 3 aliphatic rings. The molecule has 2 fully saturated rings. The predicted octanol–water partition coefficient (Wildman–Crippen LogP) is 2.58. The Balaban J connectivity index is 1.82. The lowest BCUT2D eigenvalue weighted by Gasteiger charge is -2.22. The number of fused-ring (bicyclic) bond motifs is 1. The minimum atomic E-state index is -0.621. The van der Waals surface area contributed by atoms with Crippen molar-refractivity contribution in [2.75, 3.05) is 20.0 Å². The van der Waals surface area contributed by atoms with Crippen LogP contribution in [0, 0.1) is 0 Å². The van der Waals surface area contributed by atoms with Gasteiger partial charge in [-0.2, -0.15) is 0 Å². The van der Waals surface area contributed by atoms with Gasteiger partial charge in [0.2, 0.25) is 0 Å². The normalized spacial score (nSPS) is 37.3. The van der Waals surface area contributed by atoms with Gasteiger partial charge in [0.05, 0.1) is 13.2 Å². The molecule has 0 spiro atoms. The molecule has 0 aromatic carbocycles. The molecule has 0 amide bonds. The summed E-state index contributed by atoms with van der Waals surface area (Å²) >= 11 is 0. The molecule has 6 heteroatoms. The zero-order chi connectivity index (χ0) is 15.6. The van der Waals surface area contributed by atoms with Gasteiger partial charge in [-0.05, 0) is 26.0 Å². The molecule has 3 unspecified atom stereocenters. The Bertz CT molecular complexity index is 497. The first-order valence-corrected chi connectivity index (χ1v) is 7.57. The Morgan fingerprint density at radius 1 is 1.36 bits per heavy atom. The van der Waals surface area contributed by atoms with Crippen molar-refractivity contribution >= 4 is 0 Å². The minimum absolute atomic E-state index is 0.166. The molecule has 0 N–H and O–H groups in total. The molecule has 0 aliphatic carbocycles. The Hall–Kier alpha value is -1.50. The van der Waals surface area contributed by atoms with E-state index in [4.69, 9.17) is 28.4 Å². The molecule has 2 saturated heterocycles. The first kappa shape index (κ1) is 15.4. The Morgan fingerprint density at radius 2 is 2.23 bits per heavy atom. The highest BCUT2D eigenvalue weighted by atomic mass is 16.8. The van der Waals surface area contributed by atoms with E-state index >= 15 is 0 Å². The summed E-state index contributed by atoms with van der Waals surface area (Å²) in [6, 6.07) is 0. The van der Waals surface area contributed by atoms with Crippen molar-refractivity contribution in [2.45, 2.75) is 44.7 Å². The van der Waals surface area contributed by atoms with Crippen molar-refractivity contribution in [1.82, 2.24) is 0 Å². The summed E-state index contributed by atoms with van der Waals surface area (Å²) in [4.78, 5) is 0. The number of rotatable bonds is 2. The zero-order valence-corrected chi connectivity index (χ0v) is 13.0. The molecular weight excluding hydrogens is 288 g/mol. The first-order valence-electron chi connectivity index (χ1n) is 7.57. The largest absolute Gasteiger partial charge is 0.469 e. The summed E-state index contributed by atoms with van der Waals surface area (Å²) in [6.45, 7) is 8.81. The molecule has 0 radical (unpaired) electrons. The third-order valence-electron chi connectivity index (χ3n) is 3.87. The fourth-order valence-electron chi connectivity index (χ4n) is 2.57. The quantitative estimate of drug-likeness (QED) is 0.781. The van der Waals surface area contributed by atoms with E-state index in [1.807, 2.05) is 19.9 Å². The second-order valence-corrected chi connectivity index (χ2v) is 5.58. The van der Waals surface area contributed by atoms with Gasteiger partial charge in [-0.15, -0.1) is 0 Å². The van der Waals surface area contributed by atoms with Crippen LogP contribution in [-0.2, 0) is 28.4 Å². The van der Waals surface area contributed by atoms with Gasteiger partial charge >= 0.3 is 0 Å². The second kappa shape index (κ2) is 6.32. The van der Waals surface area contributed by atoms with E-state index in [2.05, 4.69) is 6.58 Å². The molecular formula is C16H22O6. The Kier molecular flexibility index (Phi) is 4.42. The van der Waals surface area contributed by atoms with Gasteiger partial charge in [-0.1, -0.05) is 6.92 Å². The zero-order valence-electron chi connectivity index (χ0n) is 13.0. The maximum Gasteiger partial charge on any atom is 0.277 e. The lowest BCUT2D eigenvalue weighted by molar-refractivity contribution is -0.176. The predicted molar refractivity (Wildman–Crippen MR) is 77.3 cm³/mol. The van der Waals surface area contributed by atoms with Gasteiger partial charge in [0.25, 0.3) is 5.95 Å². The van der Waals surface area contributed by atoms with E-state index in [0.717, 1.165) is 12.8 Å². The van der Waals surface area contributed by atoms with E-state index < -0.39 is 5.79 Å². The maximum atomic E-state index is 6.06. The number of hydrogen-bond acceptors (Lipinski definition) is 6. The van der Waals surface area contributed by atoms with Crippen LogP contribution in [0.3, 0.4) is 0 Å². The van der Waals surface area contributed by atoms with Crippen LogP contribution in [0.25, 0.3) is 0 Å². The van der Waals surface area contributed by atoms with E-state index in [1.165, 1.54) is 0 Å². The molecule has 3 heterocycles. The van der Waals surface area contributed by atoms with Crippen LogP contribution in [0.15, 0.2) is 36.2 Å². The first-order chi connectivity index (χ1) is 10.6. The van der Waals surface area contributed by atoms with Crippen LogP contribution in [0.4, 0.5) is 0 Å². The summed E-state index contributed by atoms with van der Waals surface area (Å²) in [5.74, 6) is 0.931. The summed E-state index contributed by atoms with van der Waals surface area (Å²) < 4.78 is 34.0. The van der Waals surface area contributed by atoms with Crippen LogP contribution in [-0.4, -0.2) is 38.0 Å². The van der Waals surface area contributed by atoms with E-state index in [-0.39, 0.29) is 24.9 Å². The summed E-state index contributed by atoms with van der Waals surface area (Å²) in [5.41, 5.74) is 0. The van der Waals surface area contributed by atoms with Gasteiger partial charge in [0.1, 0.15) is 23.7 Å². The van der Waals surface area contributed by atoms with Crippen LogP contribution in [0.1, 0.15) is 26.7 Å². The van der Waals surface area contributed by atoms with Crippen LogP contribution >= 0.6 is 0 Å². The lowest BCUT2D eigenvalue weighted by atomic mass is 10.1. The van der Waals surface area contributed by atoms with Gasteiger partial charge in [0.15, 0.2) is 12.6 Å². The lowest BCUT2D eigenvalue weighted by Crippen LogP contribution is -2.27. The third-order valence-corrected chi connectivity index (χ3v) is 3.87. The van der Waals surface area contributed by atoms with Crippen molar-refractivity contribution in [3.63, 3.8) is 0 Å². The molecule has 0 saturated carbocycles.